The summed E-state index contributed by atoms with van der Waals surface area (Å²) in [6, 6.07) is 13.6. The van der Waals surface area contributed by atoms with Crippen molar-refractivity contribution in [2.24, 2.45) is 14.1 Å². The third kappa shape index (κ3) is 5.57. The number of nitriles is 1. The third-order valence-electron chi connectivity index (χ3n) is 7.85. The van der Waals surface area contributed by atoms with Crippen LogP contribution in [0.15, 0.2) is 71.2 Å². The molecule has 1 unspecified atom stereocenters. The summed E-state index contributed by atoms with van der Waals surface area (Å²) in [4.78, 5) is 10.8. The summed E-state index contributed by atoms with van der Waals surface area (Å²) in [5.41, 5.74) is 4.42. The average molecular weight is 608 g/mol. The first-order valence-corrected chi connectivity index (χ1v) is 16.6. The van der Waals surface area contributed by atoms with E-state index in [-0.39, 0.29) is 22.2 Å². The predicted molar refractivity (Wildman–Crippen MR) is 158 cm³/mol. The summed E-state index contributed by atoms with van der Waals surface area (Å²) >= 11 is 0. The quantitative estimate of drug-likeness (QED) is 0.284. The van der Waals surface area contributed by atoms with Gasteiger partial charge in [0.05, 0.1) is 52.9 Å². The van der Waals surface area contributed by atoms with Crippen molar-refractivity contribution in [3.05, 3.63) is 89.4 Å². The van der Waals surface area contributed by atoms with Gasteiger partial charge in [-0.05, 0) is 54.8 Å². The molecule has 1 aliphatic heterocycles. The van der Waals surface area contributed by atoms with E-state index in [0.29, 0.717) is 36.3 Å². The number of sulfone groups is 1. The SMILES string of the molecule is CCS(=O)(=O)c1ccc(CN(C2Cc3cc(C#N)ccc3N(Cc3cncn3C)C2)S(=O)(=O)c2ncn(C)c2C)cc1. The van der Waals surface area contributed by atoms with Gasteiger partial charge in [0.25, 0.3) is 10.0 Å². The largest absolute Gasteiger partial charge is 0.364 e. The number of fused-ring (bicyclic) bond motifs is 1. The molecule has 0 N–H and O–H groups in total. The highest BCUT2D eigenvalue weighted by Crippen LogP contribution is 2.34. The van der Waals surface area contributed by atoms with E-state index in [2.05, 4.69) is 20.9 Å². The zero-order chi connectivity index (χ0) is 30.2. The van der Waals surface area contributed by atoms with Crippen molar-refractivity contribution in [1.82, 2.24) is 23.4 Å². The summed E-state index contributed by atoms with van der Waals surface area (Å²) < 4.78 is 58.4. The van der Waals surface area contributed by atoms with E-state index >= 15 is 0 Å². The number of hydrogen-bond acceptors (Lipinski definition) is 8. The summed E-state index contributed by atoms with van der Waals surface area (Å²) in [5, 5.41) is 9.57. The van der Waals surface area contributed by atoms with Crippen LogP contribution in [0, 0.1) is 18.3 Å². The topological polar surface area (TPSA) is 134 Å². The second-order valence-corrected chi connectivity index (χ2v) is 14.6. The molecule has 0 spiro atoms. The summed E-state index contributed by atoms with van der Waals surface area (Å²) in [6.07, 6.45) is 5.37. The van der Waals surface area contributed by atoms with Crippen molar-refractivity contribution in [3.63, 3.8) is 0 Å². The molecule has 11 nitrogen and oxygen atoms in total. The molecule has 42 heavy (non-hydrogen) atoms. The predicted octanol–water partition coefficient (Wildman–Crippen LogP) is 2.95. The molecular formula is C29H33N7O4S2. The number of benzene rings is 2. The van der Waals surface area contributed by atoms with Crippen LogP contribution in [0.1, 0.15) is 35.0 Å². The molecule has 0 aliphatic carbocycles. The van der Waals surface area contributed by atoms with E-state index in [1.165, 1.54) is 22.8 Å². The molecule has 0 fully saturated rings. The first-order chi connectivity index (χ1) is 19.9. The van der Waals surface area contributed by atoms with Crippen LogP contribution < -0.4 is 4.90 Å². The zero-order valence-corrected chi connectivity index (χ0v) is 25.6. The fraction of sp³-hybridized carbons (Fsp3) is 0.345. The Bertz CT molecular complexity index is 1870. The maximum absolute atomic E-state index is 14.3. The maximum atomic E-state index is 14.3. The molecule has 220 valence electrons. The molecule has 1 aliphatic rings. The van der Waals surface area contributed by atoms with E-state index in [0.717, 1.165) is 16.9 Å². The van der Waals surface area contributed by atoms with Gasteiger partial charge in [0.15, 0.2) is 14.9 Å². The van der Waals surface area contributed by atoms with Gasteiger partial charge in [-0.2, -0.15) is 9.57 Å². The lowest BCUT2D eigenvalue weighted by Gasteiger charge is -2.40. The molecular weight excluding hydrogens is 574 g/mol. The molecule has 0 saturated carbocycles. The van der Waals surface area contributed by atoms with Crippen LogP contribution in [0.5, 0.6) is 0 Å². The number of aryl methyl sites for hydroxylation is 2. The number of sulfonamides is 1. The summed E-state index contributed by atoms with van der Waals surface area (Å²) in [7, 11) is -3.83. The normalized spacial score (nSPS) is 15.5. The van der Waals surface area contributed by atoms with E-state index in [4.69, 9.17) is 0 Å². The zero-order valence-electron chi connectivity index (χ0n) is 24.0. The standard InChI is InChI=1S/C29H33N7O4S2/c1-5-41(37,38)27-9-6-22(7-10-27)16-36(42(39,40)29-21(2)33(3)20-32-29)25-13-24-12-23(14-30)8-11-28(24)35(17-25)18-26-15-31-19-34(26)4/h6-12,15,19-20,25H,5,13,16-18H2,1-4H3. The molecule has 5 rings (SSSR count). The van der Waals surface area contributed by atoms with Crippen LogP contribution in [0.3, 0.4) is 0 Å². The maximum Gasteiger partial charge on any atom is 0.262 e. The van der Waals surface area contributed by atoms with Crippen molar-refractivity contribution in [3.8, 4) is 6.07 Å². The van der Waals surface area contributed by atoms with Crippen molar-refractivity contribution >= 4 is 25.5 Å². The molecule has 2 aromatic carbocycles. The van der Waals surface area contributed by atoms with Gasteiger partial charge in [-0.3, -0.25) is 0 Å². The number of imidazole rings is 2. The first kappa shape index (κ1) is 29.5. The number of rotatable bonds is 9. The number of hydrogen-bond donors (Lipinski definition) is 0. The summed E-state index contributed by atoms with van der Waals surface area (Å²) in [6.45, 7) is 4.20. The molecule has 2 aromatic heterocycles. The molecule has 13 heteroatoms. The van der Waals surface area contributed by atoms with Crippen LogP contribution in [-0.2, 0) is 53.5 Å². The van der Waals surface area contributed by atoms with Crippen molar-refractivity contribution < 1.29 is 16.8 Å². The van der Waals surface area contributed by atoms with Crippen molar-refractivity contribution in [1.29, 1.82) is 5.26 Å². The highest BCUT2D eigenvalue weighted by Gasteiger charge is 2.38. The highest BCUT2D eigenvalue weighted by molar-refractivity contribution is 7.91. The van der Waals surface area contributed by atoms with Crippen LogP contribution in [0.2, 0.25) is 0 Å². The van der Waals surface area contributed by atoms with E-state index in [9.17, 15) is 22.1 Å². The minimum Gasteiger partial charge on any atom is -0.364 e. The van der Waals surface area contributed by atoms with Crippen LogP contribution in [-0.4, -0.2) is 58.6 Å². The van der Waals surface area contributed by atoms with Gasteiger partial charge in [-0.25, -0.2) is 26.8 Å². The second-order valence-electron chi connectivity index (χ2n) is 10.5. The Kier molecular flexibility index (Phi) is 7.98. The molecule has 3 heterocycles. The number of aromatic nitrogens is 4. The van der Waals surface area contributed by atoms with E-state index < -0.39 is 25.9 Å². The van der Waals surface area contributed by atoms with Gasteiger partial charge in [-0.1, -0.05) is 19.1 Å². The smallest absolute Gasteiger partial charge is 0.262 e. The molecule has 4 aromatic rings. The van der Waals surface area contributed by atoms with E-state index in [1.54, 1.807) is 56.2 Å². The third-order valence-corrected chi connectivity index (χ3v) is 11.5. The molecule has 0 amide bonds. The lowest BCUT2D eigenvalue weighted by Crippen LogP contribution is -2.50. The molecule has 0 radical (unpaired) electrons. The van der Waals surface area contributed by atoms with E-state index in [1.807, 2.05) is 23.7 Å². The van der Waals surface area contributed by atoms with Gasteiger partial charge in [0.2, 0.25) is 0 Å². The minimum atomic E-state index is -4.09. The number of nitrogens with zero attached hydrogens (tertiary/aromatic N) is 7. The van der Waals surface area contributed by atoms with Gasteiger partial charge >= 0.3 is 0 Å². The first-order valence-electron chi connectivity index (χ1n) is 13.5. The van der Waals surface area contributed by atoms with Gasteiger partial charge in [0.1, 0.15) is 0 Å². The molecule has 0 saturated heterocycles. The monoisotopic (exact) mass is 607 g/mol. The highest BCUT2D eigenvalue weighted by atomic mass is 32.2. The van der Waals surface area contributed by atoms with Gasteiger partial charge < -0.3 is 14.0 Å². The molecule has 0 bridgehead atoms. The second kappa shape index (κ2) is 11.4. The van der Waals surface area contributed by atoms with Crippen LogP contribution >= 0.6 is 0 Å². The number of anilines is 1. The Hall–Kier alpha value is -3.99. The van der Waals surface area contributed by atoms with Crippen LogP contribution in [0.4, 0.5) is 5.69 Å². The Morgan fingerprint density at radius 3 is 2.38 bits per heavy atom. The molecule has 1 atom stereocenters. The lowest BCUT2D eigenvalue weighted by molar-refractivity contribution is 0.301. The van der Waals surface area contributed by atoms with Gasteiger partial charge in [-0.15, -0.1) is 0 Å². The van der Waals surface area contributed by atoms with Crippen molar-refractivity contribution in [2.45, 2.75) is 49.3 Å². The Morgan fingerprint density at radius 1 is 1.05 bits per heavy atom. The Labute approximate surface area is 246 Å². The fourth-order valence-electron chi connectivity index (χ4n) is 5.27. The van der Waals surface area contributed by atoms with Gasteiger partial charge in [0, 0.05) is 45.1 Å². The Morgan fingerprint density at radius 2 is 1.79 bits per heavy atom. The lowest BCUT2D eigenvalue weighted by atomic mass is 9.95. The fourth-order valence-corrected chi connectivity index (χ4v) is 7.92. The Balaban J connectivity index is 1.59. The summed E-state index contributed by atoms with van der Waals surface area (Å²) in [5.74, 6) is -0.0233. The van der Waals surface area contributed by atoms with Crippen LogP contribution in [0.25, 0.3) is 0 Å². The van der Waals surface area contributed by atoms with Crippen molar-refractivity contribution in [2.75, 3.05) is 17.2 Å². The minimum absolute atomic E-state index is 0.0162. The average Bonchev–Trinajstić information content (AvgIpc) is 3.55.